The minimum absolute atomic E-state index is 0.232. The summed E-state index contributed by atoms with van der Waals surface area (Å²) in [4.78, 5) is 14.1. The second kappa shape index (κ2) is 3.89. The highest BCUT2D eigenvalue weighted by Gasteiger charge is 2.36. The summed E-state index contributed by atoms with van der Waals surface area (Å²) in [5.74, 6) is 1.23. The molecular weight excluding hydrogens is 178 g/mol. The summed E-state index contributed by atoms with van der Waals surface area (Å²) in [5, 5.41) is 0. The van der Waals surface area contributed by atoms with E-state index in [9.17, 15) is 4.79 Å². The van der Waals surface area contributed by atoms with E-state index in [4.69, 9.17) is 4.74 Å². The molecule has 3 nitrogen and oxygen atoms in total. The van der Waals surface area contributed by atoms with Crippen LogP contribution in [0.3, 0.4) is 0 Å². The number of morpholine rings is 1. The number of hydrogen-bond acceptors (Lipinski definition) is 2. The number of ether oxygens (including phenoxy) is 1. The van der Waals surface area contributed by atoms with Crippen LogP contribution < -0.4 is 0 Å². The number of rotatable bonds is 2. The molecule has 0 aromatic heterocycles. The highest BCUT2D eigenvalue weighted by Crippen LogP contribution is 2.37. The molecule has 80 valence electrons. The van der Waals surface area contributed by atoms with Crippen LogP contribution in [0.5, 0.6) is 0 Å². The van der Waals surface area contributed by atoms with Crippen molar-refractivity contribution in [2.24, 2.45) is 11.8 Å². The lowest BCUT2D eigenvalue weighted by Gasteiger charge is -2.35. The Bertz CT molecular complexity index is 225. The van der Waals surface area contributed by atoms with Gasteiger partial charge in [-0.3, -0.25) is 4.79 Å². The summed E-state index contributed by atoms with van der Waals surface area (Å²) in [5.41, 5.74) is 0. The van der Waals surface area contributed by atoms with Crippen LogP contribution in [0.1, 0.15) is 26.7 Å². The largest absolute Gasteiger partial charge is 0.377 e. The van der Waals surface area contributed by atoms with Crippen LogP contribution in [0, 0.1) is 11.8 Å². The first-order valence-electron chi connectivity index (χ1n) is 5.58. The molecule has 1 heterocycles. The molecule has 0 N–H and O–H groups in total. The maximum absolute atomic E-state index is 12.1. The second-order valence-electron chi connectivity index (χ2n) is 4.58. The minimum Gasteiger partial charge on any atom is -0.377 e. The van der Waals surface area contributed by atoms with Gasteiger partial charge < -0.3 is 9.64 Å². The molecule has 1 aliphatic carbocycles. The monoisotopic (exact) mass is 197 g/mol. The minimum atomic E-state index is 0.232. The van der Waals surface area contributed by atoms with Gasteiger partial charge in [0.2, 0.25) is 5.91 Å². The van der Waals surface area contributed by atoms with Crippen LogP contribution in [0.4, 0.5) is 0 Å². The molecular formula is C11H19NO2. The predicted molar refractivity (Wildman–Crippen MR) is 53.9 cm³/mol. The van der Waals surface area contributed by atoms with Gasteiger partial charge in [0.25, 0.3) is 0 Å². The summed E-state index contributed by atoms with van der Waals surface area (Å²) in [6.45, 7) is 6.31. The highest BCUT2D eigenvalue weighted by atomic mass is 16.5. The number of hydrogen-bond donors (Lipinski definition) is 0. The van der Waals surface area contributed by atoms with E-state index < -0.39 is 0 Å². The molecule has 2 fully saturated rings. The summed E-state index contributed by atoms with van der Waals surface area (Å²) >= 11 is 0. The van der Waals surface area contributed by atoms with E-state index in [1.807, 2.05) is 4.90 Å². The molecule has 0 radical (unpaired) electrons. The molecule has 0 spiro atoms. The quantitative estimate of drug-likeness (QED) is 0.667. The third-order valence-corrected chi connectivity index (χ3v) is 3.37. The van der Waals surface area contributed by atoms with Crippen LogP contribution in [0.25, 0.3) is 0 Å². The highest BCUT2D eigenvalue weighted by molar-refractivity contribution is 5.79. The lowest BCUT2D eigenvalue weighted by atomic mass is 10.0. The van der Waals surface area contributed by atoms with E-state index in [-0.39, 0.29) is 12.0 Å². The van der Waals surface area contributed by atoms with Crippen molar-refractivity contribution in [3.05, 3.63) is 0 Å². The molecule has 0 aromatic rings. The van der Waals surface area contributed by atoms with Crippen molar-refractivity contribution < 1.29 is 9.53 Å². The van der Waals surface area contributed by atoms with E-state index in [2.05, 4.69) is 13.8 Å². The summed E-state index contributed by atoms with van der Waals surface area (Å²) in [6.07, 6.45) is 2.48. The molecule has 2 rings (SSSR count). The summed E-state index contributed by atoms with van der Waals surface area (Å²) in [7, 11) is 0. The topological polar surface area (TPSA) is 29.5 Å². The number of amides is 1. The number of carbonyl (C=O) groups excluding carboxylic acids is 1. The molecule has 0 aromatic carbocycles. The Morgan fingerprint density at radius 3 is 2.79 bits per heavy atom. The standard InChI is InChI=1S/C11H19NO2/c1-8-7-14-6-5-12(8)11(13)9(2)10-3-4-10/h8-10H,3-7H2,1-2H3. The molecule has 2 aliphatic rings. The van der Waals surface area contributed by atoms with Crippen molar-refractivity contribution in [2.45, 2.75) is 32.7 Å². The first-order valence-corrected chi connectivity index (χ1v) is 5.58. The molecule has 14 heavy (non-hydrogen) atoms. The fraction of sp³-hybridized carbons (Fsp3) is 0.909. The van der Waals surface area contributed by atoms with Gasteiger partial charge in [-0.2, -0.15) is 0 Å². The maximum Gasteiger partial charge on any atom is 0.226 e. The normalized spacial score (nSPS) is 30.1. The van der Waals surface area contributed by atoms with E-state index in [1.54, 1.807) is 0 Å². The van der Waals surface area contributed by atoms with Gasteiger partial charge in [-0.25, -0.2) is 0 Å². The fourth-order valence-corrected chi connectivity index (χ4v) is 2.11. The fourth-order valence-electron chi connectivity index (χ4n) is 2.11. The van der Waals surface area contributed by atoms with Crippen molar-refractivity contribution in [3.63, 3.8) is 0 Å². The Hall–Kier alpha value is -0.570. The van der Waals surface area contributed by atoms with Gasteiger partial charge in [-0.05, 0) is 25.7 Å². The molecule has 1 saturated carbocycles. The number of carbonyl (C=O) groups is 1. The third kappa shape index (κ3) is 1.92. The van der Waals surface area contributed by atoms with Crippen molar-refractivity contribution in [3.8, 4) is 0 Å². The lowest BCUT2D eigenvalue weighted by Crippen LogP contribution is -2.49. The first-order chi connectivity index (χ1) is 6.70. The smallest absolute Gasteiger partial charge is 0.226 e. The zero-order valence-electron chi connectivity index (χ0n) is 9.03. The van der Waals surface area contributed by atoms with Crippen molar-refractivity contribution in [2.75, 3.05) is 19.8 Å². The van der Waals surface area contributed by atoms with E-state index in [0.717, 1.165) is 6.54 Å². The van der Waals surface area contributed by atoms with Gasteiger partial charge in [0.15, 0.2) is 0 Å². The van der Waals surface area contributed by atoms with Gasteiger partial charge in [-0.15, -0.1) is 0 Å². The van der Waals surface area contributed by atoms with Gasteiger partial charge in [0, 0.05) is 12.5 Å². The summed E-state index contributed by atoms with van der Waals surface area (Å²) in [6, 6.07) is 0.262. The molecule has 1 aliphatic heterocycles. The van der Waals surface area contributed by atoms with Gasteiger partial charge in [-0.1, -0.05) is 6.92 Å². The maximum atomic E-state index is 12.1. The van der Waals surface area contributed by atoms with Gasteiger partial charge >= 0.3 is 0 Å². The SMILES string of the molecule is CC(C(=O)N1CCOCC1C)C1CC1. The van der Waals surface area contributed by atoms with Gasteiger partial charge in [0.05, 0.1) is 19.3 Å². The molecule has 1 saturated heterocycles. The Morgan fingerprint density at radius 1 is 1.50 bits per heavy atom. The van der Waals surface area contributed by atoms with Crippen LogP contribution in [0.15, 0.2) is 0 Å². The van der Waals surface area contributed by atoms with Gasteiger partial charge in [0.1, 0.15) is 0 Å². The average molecular weight is 197 g/mol. The molecule has 1 amide bonds. The third-order valence-electron chi connectivity index (χ3n) is 3.37. The lowest BCUT2D eigenvalue weighted by molar-refractivity contribution is -0.143. The predicted octanol–water partition coefficient (Wildman–Crippen LogP) is 1.28. The molecule has 3 heteroatoms. The number of nitrogens with zero attached hydrogens (tertiary/aromatic N) is 1. The van der Waals surface area contributed by atoms with E-state index in [0.29, 0.717) is 25.0 Å². The van der Waals surface area contributed by atoms with E-state index >= 15 is 0 Å². The Kier molecular flexibility index (Phi) is 2.77. The second-order valence-corrected chi connectivity index (χ2v) is 4.58. The van der Waals surface area contributed by atoms with Crippen molar-refractivity contribution >= 4 is 5.91 Å². The Morgan fingerprint density at radius 2 is 2.21 bits per heavy atom. The summed E-state index contributed by atoms with van der Waals surface area (Å²) < 4.78 is 5.32. The van der Waals surface area contributed by atoms with Crippen LogP contribution in [-0.2, 0) is 9.53 Å². The van der Waals surface area contributed by atoms with E-state index in [1.165, 1.54) is 12.8 Å². The van der Waals surface area contributed by atoms with Crippen molar-refractivity contribution in [1.82, 2.24) is 4.90 Å². The van der Waals surface area contributed by atoms with Crippen LogP contribution in [-0.4, -0.2) is 36.6 Å². The zero-order chi connectivity index (χ0) is 10.1. The molecule has 2 unspecified atom stereocenters. The first kappa shape index (κ1) is 9.97. The Labute approximate surface area is 85.4 Å². The molecule has 2 atom stereocenters. The average Bonchev–Trinajstić information content (AvgIpc) is 3.00. The Balaban J connectivity index is 1.94. The molecule has 0 bridgehead atoms. The zero-order valence-corrected chi connectivity index (χ0v) is 9.03. The van der Waals surface area contributed by atoms with Crippen molar-refractivity contribution in [1.29, 1.82) is 0 Å². The van der Waals surface area contributed by atoms with Crippen LogP contribution >= 0.6 is 0 Å². The van der Waals surface area contributed by atoms with Crippen LogP contribution in [0.2, 0.25) is 0 Å².